The molecule has 2 aliphatic rings. The minimum absolute atomic E-state index is 0.0470. The van der Waals surface area contributed by atoms with E-state index in [-0.39, 0.29) is 24.4 Å². The van der Waals surface area contributed by atoms with Gasteiger partial charge >= 0.3 is 0 Å². The maximum Gasteiger partial charge on any atom is 0.244 e. The molecule has 0 atom stereocenters. The van der Waals surface area contributed by atoms with Crippen molar-refractivity contribution < 1.29 is 14.3 Å². The molecule has 0 aromatic heterocycles. The summed E-state index contributed by atoms with van der Waals surface area (Å²) in [5.74, 6) is 2.11. The normalized spacial score (nSPS) is 16.1. The van der Waals surface area contributed by atoms with Crippen LogP contribution in [0.4, 0.5) is 5.69 Å². The molecule has 1 N–H and O–H groups in total. The highest BCUT2D eigenvalue weighted by Crippen LogP contribution is 2.31. The Labute approximate surface area is 225 Å². The molecule has 0 unspecified atom stereocenters. The highest BCUT2D eigenvalue weighted by atomic mass is 16.5. The van der Waals surface area contributed by atoms with Gasteiger partial charge in [-0.2, -0.15) is 0 Å². The molecule has 0 bridgehead atoms. The highest BCUT2D eigenvalue weighted by Gasteiger charge is 2.31. The van der Waals surface area contributed by atoms with Crippen molar-refractivity contribution in [1.82, 2.24) is 9.80 Å². The van der Waals surface area contributed by atoms with E-state index in [4.69, 9.17) is 4.74 Å². The van der Waals surface area contributed by atoms with Crippen LogP contribution in [0.25, 0.3) is 0 Å². The Morgan fingerprint density at radius 3 is 2.24 bits per heavy atom. The molecule has 0 spiro atoms. The molecule has 38 heavy (non-hydrogen) atoms. The molecule has 3 aromatic carbocycles. The molecule has 6 heteroatoms. The van der Waals surface area contributed by atoms with Gasteiger partial charge in [-0.25, -0.2) is 0 Å². The average molecular weight is 512 g/mol. The minimum Gasteiger partial charge on any atom is -0.457 e. The Morgan fingerprint density at radius 1 is 0.842 bits per heavy atom. The number of ether oxygens (including phenoxy) is 1. The Hall–Kier alpha value is -3.64. The van der Waals surface area contributed by atoms with Gasteiger partial charge in [0.25, 0.3) is 0 Å². The van der Waals surface area contributed by atoms with Crippen LogP contribution in [0.1, 0.15) is 37.7 Å². The molecule has 6 nitrogen and oxygen atoms in total. The fourth-order valence-corrected chi connectivity index (χ4v) is 5.16. The monoisotopic (exact) mass is 511 g/mol. The molecule has 198 valence electrons. The first-order valence-corrected chi connectivity index (χ1v) is 13.8. The summed E-state index contributed by atoms with van der Waals surface area (Å²) in [6.45, 7) is 3.22. The van der Waals surface area contributed by atoms with Crippen LogP contribution >= 0.6 is 0 Å². The second kappa shape index (κ2) is 12.7. The molecule has 1 saturated heterocycles. The van der Waals surface area contributed by atoms with Crippen molar-refractivity contribution in [2.24, 2.45) is 5.92 Å². The fraction of sp³-hybridized carbons (Fsp3) is 0.375. The van der Waals surface area contributed by atoms with Gasteiger partial charge in [-0.3, -0.25) is 9.59 Å². The maximum atomic E-state index is 13.4. The lowest BCUT2D eigenvalue weighted by molar-refractivity contribution is -0.138. The number of nitrogens with zero attached hydrogens (tertiary/aromatic N) is 2. The number of carbonyl (C=O) groups excluding carboxylic acids is 2. The van der Waals surface area contributed by atoms with Crippen molar-refractivity contribution in [3.05, 3.63) is 90.5 Å². The lowest BCUT2D eigenvalue weighted by atomic mass is 10.0. The first kappa shape index (κ1) is 26.0. The number of anilines is 1. The smallest absolute Gasteiger partial charge is 0.244 e. The van der Waals surface area contributed by atoms with Crippen molar-refractivity contribution in [3.8, 4) is 11.5 Å². The number of para-hydroxylation sites is 1. The molecule has 2 fully saturated rings. The summed E-state index contributed by atoms with van der Waals surface area (Å²) < 4.78 is 5.91. The van der Waals surface area contributed by atoms with E-state index in [1.165, 1.54) is 19.4 Å². The molecule has 2 amide bonds. The van der Waals surface area contributed by atoms with Gasteiger partial charge in [0.15, 0.2) is 0 Å². The second-order valence-electron chi connectivity index (χ2n) is 10.5. The topological polar surface area (TPSA) is 61.9 Å². The summed E-state index contributed by atoms with van der Waals surface area (Å²) in [5, 5.41) is 2.99. The zero-order chi connectivity index (χ0) is 26.2. The summed E-state index contributed by atoms with van der Waals surface area (Å²) in [4.78, 5) is 31.0. The number of amides is 2. The Kier molecular flexibility index (Phi) is 8.71. The number of rotatable bonds is 11. The van der Waals surface area contributed by atoms with E-state index in [2.05, 4.69) is 10.2 Å². The number of hydrogen-bond acceptors (Lipinski definition) is 4. The number of piperidine rings is 1. The Morgan fingerprint density at radius 2 is 1.53 bits per heavy atom. The second-order valence-corrected chi connectivity index (χ2v) is 10.5. The molecule has 1 saturated carbocycles. The largest absolute Gasteiger partial charge is 0.457 e. The number of nitrogens with one attached hydrogen (secondary N) is 1. The SMILES string of the molecule is O=C(CN(C(=O)CCc1ccccc1)C1CCN(CC2CC2)CC1)Nc1cccc(Oc2ccccc2)c1. The maximum absolute atomic E-state index is 13.4. The van der Waals surface area contributed by atoms with Gasteiger partial charge < -0.3 is 19.9 Å². The predicted molar refractivity (Wildman–Crippen MR) is 150 cm³/mol. The van der Waals surface area contributed by atoms with Gasteiger partial charge in [0.05, 0.1) is 0 Å². The third-order valence-corrected chi connectivity index (χ3v) is 7.41. The summed E-state index contributed by atoms with van der Waals surface area (Å²) >= 11 is 0. The first-order valence-electron chi connectivity index (χ1n) is 13.8. The van der Waals surface area contributed by atoms with Gasteiger partial charge in [0.1, 0.15) is 18.0 Å². The fourth-order valence-electron chi connectivity index (χ4n) is 5.16. The zero-order valence-corrected chi connectivity index (χ0v) is 21.9. The number of carbonyl (C=O) groups is 2. The first-order chi connectivity index (χ1) is 18.6. The van der Waals surface area contributed by atoms with Gasteiger partial charge in [-0.1, -0.05) is 54.6 Å². The zero-order valence-electron chi connectivity index (χ0n) is 21.9. The Balaban J connectivity index is 1.21. The van der Waals surface area contributed by atoms with Crippen LogP contribution < -0.4 is 10.1 Å². The van der Waals surface area contributed by atoms with Crippen LogP contribution in [0.3, 0.4) is 0 Å². The van der Waals surface area contributed by atoms with Gasteiger partial charge in [0, 0.05) is 43.9 Å². The van der Waals surface area contributed by atoms with Crippen LogP contribution in [-0.2, 0) is 16.0 Å². The number of hydrogen-bond donors (Lipinski definition) is 1. The predicted octanol–water partition coefficient (Wildman–Crippen LogP) is 5.75. The van der Waals surface area contributed by atoms with E-state index in [9.17, 15) is 9.59 Å². The molecule has 1 heterocycles. The number of benzene rings is 3. The van der Waals surface area contributed by atoms with Crippen LogP contribution in [0.15, 0.2) is 84.9 Å². The summed E-state index contributed by atoms with van der Waals surface area (Å²) in [5.41, 5.74) is 1.79. The Bertz CT molecular complexity index is 1190. The minimum atomic E-state index is -0.185. The van der Waals surface area contributed by atoms with Crippen LogP contribution in [0.5, 0.6) is 11.5 Å². The standard InChI is InChI=1S/C32H37N3O3/c36-31(33-27-10-7-13-30(22-27)38-29-11-5-2-6-12-29)24-35(32(37)17-16-25-8-3-1-4-9-25)28-18-20-34(21-19-28)23-26-14-15-26/h1-13,22,26,28H,14-21,23-24H2,(H,33,36). The molecule has 3 aromatic rings. The lowest BCUT2D eigenvalue weighted by Crippen LogP contribution is -2.50. The van der Waals surface area contributed by atoms with Crippen molar-refractivity contribution >= 4 is 17.5 Å². The summed E-state index contributed by atoms with van der Waals surface area (Å²) in [6.07, 6.45) is 5.61. The van der Waals surface area contributed by atoms with Crippen molar-refractivity contribution in [2.45, 2.75) is 44.6 Å². The van der Waals surface area contributed by atoms with E-state index >= 15 is 0 Å². The van der Waals surface area contributed by atoms with Crippen LogP contribution in [-0.4, -0.2) is 53.8 Å². The van der Waals surface area contributed by atoms with Gasteiger partial charge in [-0.15, -0.1) is 0 Å². The summed E-state index contributed by atoms with van der Waals surface area (Å²) in [7, 11) is 0. The van der Waals surface area contributed by atoms with Crippen LogP contribution in [0, 0.1) is 5.92 Å². The number of likely N-dealkylation sites (tertiary alicyclic amines) is 1. The molecular formula is C32H37N3O3. The highest BCUT2D eigenvalue weighted by molar-refractivity contribution is 5.94. The lowest BCUT2D eigenvalue weighted by Gasteiger charge is -2.38. The molecule has 0 radical (unpaired) electrons. The molecular weight excluding hydrogens is 474 g/mol. The van der Waals surface area contributed by atoms with E-state index in [0.717, 1.165) is 43.2 Å². The van der Waals surface area contributed by atoms with Crippen molar-refractivity contribution in [2.75, 3.05) is 31.5 Å². The van der Waals surface area contributed by atoms with E-state index < -0.39 is 0 Å². The average Bonchev–Trinajstić information content (AvgIpc) is 3.76. The van der Waals surface area contributed by atoms with Gasteiger partial charge in [0.2, 0.25) is 11.8 Å². The van der Waals surface area contributed by atoms with Crippen molar-refractivity contribution in [3.63, 3.8) is 0 Å². The van der Waals surface area contributed by atoms with E-state index in [1.54, 1.807) is 0 Å². The third kappa shape index (κ3) is 7.68. The summed E-state index contributed by atoms with van der Waals surface area (Å²) in [6, 6.07) is 27.1. The van der Waals surface area contributed by atoms with E-state index in [0.29, 0.717) is 24.3 Å². The van der Waals surface area contributed by atoms with E-state index in [1.807, 2.05) is 89.8 Å². The molecule has 5 rings (SSSR count). The molecule has 1 aliphatic heterocycles. The van der Waals surface area contributed by atoms with Crippen molar-refractivity contribution in [1.29, 1.82) is 0 Å². The molecule has 1 aliphatic carbocycles. The van der Waals surface area contributed by atoms with Gasteiger partial charge in [-0.05, 0) is 67.9 Å². The number of aryl methyl sites for hydroxylation is 1. The third-order valence-electron chi connectivity index (χ3n) is 7.41. The quantitative estimate of drug-likeness (QED) is 0.356. The van der Waals surface area contributed by atoms with Crippen LogP contribution in [0.2, 0.25) is 0 Å².